The highest BCUT2D eigenvalue weighted by Gasteiger charge is 2.46. The molecule has 0 aromatic carbocycles. The number of aromatic nitrogens is 3. The monoisotopic (exact) mass is 430 g/mol. The van der Waals surface area contributed by atoms with Gasteiger partial charge in [-0.25, -0.2) is 9.97 Å². The zero-order valence-corrected chi connectivity index (χ0v) is 17.2. The molecule has 2 aromatic rings. The number of carbonyl (C=O) groups excluding carboxylic acids is 1. The summed E-state index contributed by atoms with van der Waals surface area (Å²) in [7, 11) is 0. The highest BCUT2D eigenvalue weighted by atomic mass is 35.5. The van der Waals surface area contributed by atoms with Gasteiger partial charge in [-0.05, 0) is 18.1 Å². The summed E-state index contributed by atoms with van der Waals surface area (Å²) in [5.41, 5.74) is 18.2. The fraction of sp³-hybridized carbons (Fsp3) is 0.421. The Balaban J connectivity index is 1.46. The first-order chi connectivity index (χ1) is 14.3. The number of nitrogens with one attached hydrogen (secondary N) is 1. The summed E-state index contributed by atoms with van der Waals surface area (Å²) in [4.78, 5) is 28.5. The maximum atomic E-state index is 12.4. The lowest BCUT2D eigenvalue weighted by atomic mass is 9.81. The van der Waals surface area contributed by atoms with Gasteiger partial charge in [0.15, 0.2) is 28.4 Å². The fourth-order valence-electron chi connectivity index (χ4n) is 4.49. The Labute approximate surface area is 179 Å². The number of halogens is 1. The number of nitrogens with two attached hydrogens (primary N) is 3. The van der Waals surface area contributed by atoms with Crippen molar-refractivity contribution in [3.63, 3.8) is 0 Å². The van der Waals surface area contributed by atoms with Crippen molar-refractivity contribution in [1.82, 2.24) is 20.3 Å². The average Bonchev–Trinajstić information content (AvgIpc) is 2.71. The van der Waals surface area contributed by atoms with E-state index < -0.39 is 5.91 Å². The van der Waals surface area contributed by atoms with Crippen LogP contribution in [0.4, 0.5) is 11.6 Å². The molecular weight excluding hydrogens is 406 g/mol. The Kier molecular flexibility index (Phi) is 5.44. The van der Waals surface area contributed by atoms with Crippen molar-refractivity contribution in [3.05, 3.63) is 40.9 Å². The summed E-state index contributed by atoms with van der Waals surface area (Å²) in [5.74, 6) is -0.376. The summed E-state index contributed by atoms with van der Waals surface area (Å²) >= 11 is 5.84. The Morgan fingerprint density at radius 3 is 2.70 bits per heavy atom. The van der Waals surface area contributed by atoms with Crippen LogP contribution in [0.1, 0.15) is 29.0 Å². The topological polar surface area (TPSA) is 158 Å². The lowest BCUT2D eigenvalue weighted by Crippen LogP contribution is -2.67. The number of hydrogen-bond acceptors (Lipinski definition) is 6. The third kappa shape index (κ3) is 4.14. The highest BCUT2D eigenvalue weighted by molar-refractivity contribution is 6.31. The van der Waals surface area contributed by atoms with Crippen molar-refractivity contribution in [2.75, 3.05) is 31.1 Å². The van der Waals surface area contributed by atoms with E-state index in [1.54, 1.807) is 0 Å². The molecule has 11 heteroatoms. The van der Waals surface area contributed by atoms with Gasteiger partial charge in [-0.15, -0.1) is 0 Å². The third-order valence-corrected chi connectivity index (χ3v) is 6.27. The Morgan fingerprint density at radius 1 is 1.23 bits per heavy atom. The molecule has 158 valence electrons. The van der Waals surface area contributed by atoms with E-state index in [1.807, 2.05) is 18.3 Å². The zero-order chi connectivity index (χ0) is 21.3. The number of rotatable bonds is 4. The number of quaternary nitrogens is 1. The summed E-state index contributed by atoms with van der Waals surface area (Å²) < 4.78 is 0.957. The molecule has 5 rings (SSSR count). The first-order valence-electron chi connectivity index (χ1n) is 9.84. The third-order valence-electron chi connectivity index (χ3n) is 5.99. The van der Waals surface area contributed by atoms with Gasteiger partial charge in [-0.3, -0.25) is 9.78 Å². The van der Waals surface area contributed by atoms with Gasteiger partial charge in [-0.1, -0.05) is 17.7 Å². The number of aliphatic imine (C=N–C) groups is 1. The number of anilines is 2. The Bertz CT molecular complexity index is 973. The van der Waals surface area contributed by atoms with Crippen molar-refractivity contribution in [2.24, 2.45) is 16.6 Å². The summed E-state index contributed by atoms with van der Waals surface area (Å²) in [6.07, 6.45) is 4.02. The van der Waals surface area contributed by atoms with Gasteiger partial charge in [0.05, 0.1) is 31.4 Å². The van der Waals surface area contributed by atoms with Crippen LogP contribution in [0.15, 0.2) is 29.4 Å². The number of guanidine groups is 1. The molecule has 2 bridgehead atoms. The number of amides is 1. The Hall–Kier alpha value is -2.98. The van der Waals surface area contributed by atoms with E-state index in [1.165, 1.54) is 0 Å². The van der Waals surface area contributed by atoms with Crippen molar-refractivity contribution in [3.8, 4) is 0 Å². The van der Waals surface area contributed by atoms with E-state index in [2.05, 4.69) is 31.3 Å². The lowest BCUT2D eigenvalue weighted by molar-refractivity contribution is -0.956. The number of fused-ring (bicyclic) bond motifs is 3. The van der Waals surface area contributed by atoms with Crippen LogP contribution in [0.3, 0.4) is 0 Å². The SMILES string of the molecule is N/C(=N\C(=O)c1nc(Cl)c(N)nc1N)N[C@@H]1C[N+]2(Cc3ccccn3)CCC1CC2. The van der Waals surface area contributed by atoms with E-state index in [0.717, 1.165) is 49.2 Å². The minimum Gasteiger partial charge on any atom is -0.382 e. The maximum absolute atomic E-state index is 12.4. The fourth-order valence-corrected chi connectivity index (χ4v) is 4.62. The van der Waals surface area contributed by atoms with Gasteiger partial charge in [0.2, 0.25) is 0 Å². The van der Waals surface area contributed by atoms with E-state index in [-0.39, 0.29) is 34.5 Å². The summed E-state index contributed by atoms with van der Waals surface area (Å²) in [6, 6.07) is 6.14. The van der Waals surface area contributed by atoms with Crippen LogP contribution >= 0.6 is 11.6 Å². The predicted molar refractivity (Wildman–Crippen MR) is 114 cm³/mol. The molecular formula is C19H25ClN9O+. The normalized spacial score (nSPS) is 25.8. The molecule has 10 nitrogen and oxygen atoms in total. The summed E-state index contributed by atoms with van der Waals surface area (Å²) in [5, 5.41) is 3.13. The van der Waals surface area contributed by atoms with Gasteiger partial charge in [0.1, 0.15) is 6.54 Å². The molecule has 0 radical (unpaired) electrons. The van der Waals surface area contributed by atoms with Gasteiger partial charge in [0.25, 0.3) is 0 Å². The van der Waals surface area contributed by atoms with Crippen LogP contribution in [0.2, 0.25) is 5.15 Å². The van der Waals surface area contributed by atoms with Gasteiger partial charge in [0, 0.05) is 19.0 Å². The largest absolute Gasteiger partial charge is 0.382 e. The number of piperidine rings is 3. The van der Waals surface area contributed by atoms with Crippen LogP contribution in [-0.2, 0) is 6.54 Å². The van der Waals surface area contributed by atoms with Gasteiger partial charge >= 0.3 is 5.91 Å². The molecule has 1 atom stereocenters. The molecule has 0 spiro atoms. The lowest BCUT2D eigenvalue weighted by Gasteiger charge is -2.52. The van der Waals surface area contributed by atoms with Crippen LogP contribution in [0, 0.1) is 5.92 Å². The first kappa shape index (κ1) is 20.3. The number of hydrogen-bond donors (Lipinski definition) is 4. The number of carbonyl (C=O) groups is 1. The molecule has 0 unspecified atom stereocenters. The van der Waals surface area contributed by atoms with Crippen molar-refractivity contribution >= 4 is 35.1 Å². The van der Waals surface area contributed by atoms with E-state index in [4.69, 9.17) is 28.8 Å². The van der Waals surface area contributed by atoms with Crippen LogP contribution in [0.5, 0.6) is 0 Å². The quantitative estimate of drug-likeness (QED) is 0.311. The number of pyridine rings is 1. The van der Waals surface area contributed by atoms with Crippen molar-refractivity contribution in [1.29, 1.82) is 0 Å². The minimum absolute atomic E-state index is 0.0314. The molecule has 3 fully saturated rings. The predicted octanol–water partition coefficient (Wildman–Crippen LogP) is 0.543. The van der Waals surface area contributed by atoms with E-state index in [9.17, 15) is 4.79 Å². The second-order valence-corrected chi connectivity index (χ2v) is 8.33. The molecule has 1 amide bonds. The smallest absolute Gasteiger partial charge is 0.302 e. The van der Waals surface area contributed by atoms with Crippen LogP contribution in [0.25, 0.3) is 0 Å². The molecule has 30 heavy (non-hydrogen) atoms. The number of nitrogen functional groups attached to an aromatic ring is 2. The molecule has 7 N–H and O–H groups in total. The molecule has 3 aliphatic rings. The summed E-state index contributed by atoms with van der Waals surface area (Å²) in [6.45, 7) is 4.02. The second kappa shape index (κ2) is 8.04. The van der Waals surface area contributed by atoms with Crippen LogP contribution < -0.4 is 22.5 Å². The Morgan fingerprint density at radius 2 is 2.00 bits per heavy atom. The minimum atomic E-state index is -0.717. The van der Waals surface area contributed by atoms with Gasteiger partial charge in [-0.2, -0.15) is 4.99 Å². The van der Waals surface area contributed by atoms with Gasteiger partial charge < -0.3 is 27.0 Å². The highest BCUT2D eigenvalue weighted by Crippen LogP contribution is 2.35. The second-order valence-electron chi connectivity index (χ2n) is 7.97. The molecule has 3 saturated heterocycles. The molecule has 3 aliphatic heterocycles. The maximum Gasteiger partial charge on any atom is 0.302 e. The van der Waals surface area contributed by atoms with Crippen LogP contribution in [-0.4, -0.2) is 57.0 Å². The standard InChI is InChI=1S/C19H24ClN9O/c20-15-17(22)27-16(21)14(26-15)18(30)28-19(23)25-13-10-29(7-4-11(13)5-8-29)9-12-3-1-2-6-24-12/h1-3,6,11,13H,4-5,7-10H2,(H6-,21,22,23,25,27,28,30)/p+1/t11?,13-,29?/m1/s1. The average molecular weight is 431 g/mol. The zero-order valence-electron chi connectivity index (χ0n) is 16.5. The number of nitrogens with zero attached hydrogens (tertiary/aromatic N) is 5. The van der Waals surface area contributed by atoms with E-state index in [0.29, 0.717) is 5.92 Å². The van der Waals surface area contributed by atoms with Crippen molar-refractivity contribution < 1.29 is 9.28 Å². The first-order valence-corrected chi connectivity index (χ1v) is 10.2. The molecule has 5 heterocycles. The van der Waals surface area contributed by atoms with E-state index >= 15 is 0 Å². The van der Waals surface area contributed by atoms with Crippen molar-refractivity contribution in [2.45, 2.75) is 25.4 Å². The molecule has 0 saturated carbocycles. The molecule has 0 aliphatic carbocycles. The molecule has 2 aromatic heterocycles.